The van der Waals surface area contributed by atoms with Crippen molar-refractivity contribution in [2.45, 2.75) is 32.1 Å². The van der Waals surface area contributed by atoms with Crippen LogP contribution >= 0.6 is 0 Å². The van der Waals surface area contributed by atoms with Gasteiger partial charge in [-0.3, -0.25) is 14.4 Å². The molecule has 0 saturated heterocycles. The van der Waals surface area contributed by atoms with E-state index in [2.05, 4.69) is 0 Å². The minimum atomic E-state index is -0.237. The monoisotopic (exact) mass is 256 g/mol. The molecule has 3 rings (SSSR count). The van der Waals surface area contributed by atoms with Gasteiger partial charge in [0.15, 0.2) is 5.78 Å². The van der Waals surface area contributed by atoms with E-state index in [1.807, 2.05) is 24.3 Å². The fourth-order valence-corrected chi connectivity index (χ4v) is 3.32. The number of fused-ring (bicyclic) bond motifs is 1. The average molecular weight is 256 g/mol. The van der Waals surface area contributed by atoms with Crippen molar-refractivity contribution in [3.63, 3.8) is 0 Å². The Balaban J connectivity index is 1.86. The minimum Gasteiger partial charge on any atom is -0.299 e. The van der Waals surface area contributed by atoms with Crippen molar-refractivity contribution in [3.8, 4) is 0 Å². The first kappa shape index (κ1) is 12.3. The van der Waals surface area contributed by atoms with Crippen LogP contribution in [0.4, 0.5) is 0 Å². The summed E-state index contributed by atoms with van der Waals surface area (Å²) in [6.07, 6.45) is 2.61. The van der Waals surface area contributed by atoms with Gasteiger partial charge in [-0.05, 0) is 24.8 Å². The molecule has 0 heterocycles. The summed E-state index contributed by atoms with van der Waals surface area (Å²) in [5.41, 5.74) is 1.85. The predicted molar refractivity (Wildman–Crippen MR) is 69.9 cm³/mol. The second-order valence-corrected chi connectivity index (χ2v) is 5.49. The van der Waals surface area contributed by atoms with Crippen LogP contribution in [0.2, 0.25) is 0 Å². The molecule has 0 aliphatic heterocycles. The van der Waals surface area contributed by atoms with Crippen molar-refractivity contribution in [3.05, 3.63) is 35.4 Å². The molecule has 2 unspecified atom stereocenters. The average Bonchev–Trinajstić information content (AvgIpc) is 2.41. The van der Waals surface area contributed by atoms with Gasteiger partial charge in [-0.2, -0.15) is 0 Å². The summed E-state index contributed by atoms with van der Waals surface area (Å²) in [6, 6.07) is 7.64. The van der Waals surface area contributed by atoms with E-state index in [-0.39, 0.29) is 35.6 Å². The number of Topliss-reactive ketones (excluding diaryl/α,β-unsaturated/α-hetero) is 3. The molecule has 98 valence electrons. The van der Waals surface area contributed by atoms with Crippen molar-refractivity contribution in [2.75, 3.05) is 0 Å². The van der Waals surface area contributed by atoms with Gasteiger partial charge in [0.2, 0.25) is 0 Å². The van der Waals surface area contributed by atoms with E-state index in [1.165, 1.54) is 0 Å². The molecule has 1 fully saturated rings. The van der Waals surface area contributed by atoms with Gasteiger partial charge in [-0.15, -0.1) is 0 Å². The normalized spacial score (nSPS) is 27.3. The van der Waals surface area contributed by atoms with E-state index in [4.69, 9.17) is 0 Å². The maximum absolute atomic E-state index is 12.5. The Morgan fingerprint density at radius 1 is 0.895 bits per heavy atom. The van der Waals surface area contributed by atoms with E-state index in [0.29, 0.717) is 12.8 Å². The van der Waals surface area contributed by atoms with Gasteiger partial charge < -0.3 is 0 Å². The number of carbonyl (C=O) groups is 3. The molecule has 2 aliphatic rings. The van der Waals surface area contributed by atoms with Crippen molar-refractivity contribution in [1.82, 2.24) is 0 Å². The zero-order valence-corrected chi connectivity index (χ0v) is 10.7. The molecule has 0 N–H and O–H groups in total. The van der Waals surface area contributed by atoms with Gasteiger partial charge >= 0.3 is 0 Å². The van der Waals surface area contributed by atoms with E-state index in [0.717, 1.165) is 24.0 Å². The molecule has 0 spiro atoms. The molecule has 1 saturated carbocycles. The number of benzene rings is 1. The third-order valence-electron chi connectivity index (χ3n) is 4.35. The number of aryl methyl sites for hydroxylation is 1. The van der Waals surface area contributed by atoms with Crippen LogP contribution in [0.1, 0.15) is 41.6 Å². The molecule has 2 atom stereocenters. The number of hydrogen-bond donors (Lipinski definition) is 0. The van der Waals surface area contributed by atoms with Gasteiger partial charge in [-0.1, -0.05) is 24.3 Å². The zero-order valence-electron chi connectivity index (χ0n) is 10.7. The molecule has 0 bridgehead atoms. The van der Waals surface area contributed by atoms with E-state index < -0.39 is 0 Å². The minimum absolute atomic E-state index is 0.0184. The van der Waals surface area contributed by atoms with Gasteiger partial charge in [0.1, 0.15) is 11.6 Å². The largest absolute Gasteiger partial charge is 0.299 e. The van der Waals surface area contributed by atoms with Crippen LogP contribution < -0.4 is 0 Å². The molecule has 0 radical (unpaired) electrons. The predicted octanol–water partition coefficient (Wildman–Crippen LogP) is 2.37. The van der Waals surface area contributed by atoms with Gasteiger partial charge in [0.05, 0.1) is 6.42 Å². The molecular formula is C16H16O3. The van der Waals surface area contributed by atoms with Crippen LogP contribution in [0.15, 0.2) is 24.3 Å². The van der Waals surface area contributed by atoms with Gasteiger partial charge in [-0.25, -0.2) is 0 Å². The molecule has 2 aliphatic carbocycles. The molecular weight excluding hydrogens is 240 g/mol. The lowest BCUT2D eigenvalue weighted by atomic mass is 9.70. The standard InChI is InChI=1S/C16H16O3/c17-11-6-8-13(15(18)9-11)14-7-5-10-3-1-2-4-12(10)16(14)19/h1-4,13-14H,5-9H2. The number of carbonyl (C=O) groups excluding carboxylic acids is 3. The van der Waals surface area contributed by atoms with Gasteiger partial charge in [0.25, 0.3) is 0 Å². The second-order valence-electron chi connectivity index (χ2n) is 5.49. The van der Waals surface area contributed by atoms with Crippen LogP contribution in [-0.4, -0.2) is 17.3 Å². The Bertz CT molecular complexity index is 559. The Morgan fingerprint density at radius 2 is 1.63 bits per heavy atom. The number of rotatable bonds is 1. The highest BCUT2D eigenvalue weighted by atomic mass is 16.2. The van der Waals surface area contributed by atoms with Crippen LogP contribution in [0.3, 0.4) is 0 Å². The lowest BCUT2D eigenvalue weighted by Crippen LogP contribution is -2.37. The third kappa shape index (κ3) is 2.14. The molecule has 1 aromatic carbocycles. The van der Waals surface area contributed by atoms with Crippen molar-refractivity contribution < 1.29 is 14.4 Å². The maximum atomic E-state index is 12.5. The quantitative estimate of drug-likeness (QED) is 0.725. The molecule has 3 heteroatoms. The number of hydrogen-bond acceptors (Lipinski definition) is 3. The Labute approximate surface area is 112 Å². The van der Waals surface area contributed by atoms with Crippen LogP contribution in [0.5, 0.6) is 0 Å². The van der Waals surface area contributed by atoms with Crippen LogP contribution in [0, 0.1) is 11.8 Å². The van der Waals surface area contributed by atoms with Crippen molar-refractivity contribution >= 4 is 17.3 Å². The van der Waals surface area contributed by atoms with Crippen molar-refractivity contribution in [1.29, 1.82) is 0 Å². The summed E-state index contributed by atoms with van der Waals surface area (Å²) in [5, 5.41) is 0. The summed E-state index contributed by atoms with van der Waals surface area (Å²) in [4.78, 5) is 35.8. The highest BCUT2D eigenvalue weighted by molar-refractivity contribution is 6.07. The summed E-state index contributed by atoms with van der Waals surface area (Å²) >= 11 is 0. The fourth-order valence-electron chi connectivity index (χ4n) is 3.32. The molecule has 1 aromatic rings. The zero-order chi connectivity index (χ0) is 13.4. The van der Waals surface area contributed by atoms with E-state index in [9.17, 15) is 14.4 Å². The lowest BCUT2D eigenvalue weighted by molar-refractivity contribution is -0.133. The van der Waals surface area contributed by atoms with Crippen molar-refractivity contribution in [2.24, 2.45) is 11.8 Å². The topological polar surface area (TPSA) is 51.2 Å². The number of ketones is 3. The smallest absolute Gasteiger partial charge is 0.166 e. The summed E-state index contributed by atoms with van der Waals surface area (Å²) in [6.45, 7) is 0. The Morgan fingerprint density at radius 3 is 2.42 bits per heavy atom. The van der Waals surface area contributed by atoms with Gasteiger partial charge in [0, 0.05) is 23.8 Å². The molecule has 19 heavy (non-hydrogen) atoms. The third-order valence-corrected chi connectivity index (χ3v) is 4.35. The first-order chi connectivity index (χ1) is 9.16. The Kier molecular flexibility index (Phi) is 3.05. The first-order valence-corrected chi connectivity index (χ1v) is 6.83. The lowest BCUT2D eigenvalue weighted by Gasteiger charge is -2.31. The summed E-state index contributed by atoms with van der Waals surface area (Å²) in [5.74, 6) is -0.373. The maximum Gasteiger partial charge on any atom is 0.166 e. The summed E-state index contributed by atoms with van der Waals surface area (Å²) in [7, 11) is 0. The fraction of sp³-hybridized carbons (Fsp3) is 0.438. The first-order valence-electron chi connectivity index (χ1n) is 6.83. The summed E-state index contributed by atoms with van der Waals surface area (Å²) < 4.78 is 0. The highest BCUT2D eigenvalue weighted by Crippen LogP contribution is 2.35. The molecule has 0 amide bonds. The molecule has 0 aromatic heterocycles. The van der Waals surface area contributed by atoms with Crippen LogP contribution in [0.25, 0.3) is 0 Å². The van der Waals surface area contributed by atoms with Crippen LogP contribution in [-0.2, 0) is 16.0 Å². The van der Waals surface area contributed by atoms with E-state index in [1.54, 1.807) is 0 Å². The SMILES string of the molecule is O=C1CCC(C2CCc3ccccc3C2=O)C(=O)C1. The molecule has 3 nitrogen and oxygen atoms in total. The highest BCUT2D eigenvalue weighted by Gasteiger charge is 2.39. The Hall–Kier alpha value is -1.77. The second kappa shape index (κ2) is 4.72. The van der Waals surface area contributed by atoms with E-state index >= 15 is 0 Å².